The first kappa shape index (κ1) is 104. The summed E-state index contributed by atoms with van der Waals surface area (Å²) in [4.78, 5) is 23.5. The van der Waals surface area contributed by atoms with Crippen molar-refractivity contribution in [3.8, 4) is 0 Å². The molecule has 0 aliphatic carbocycles. The highest BCUT2D eigenvalue weighted by Gasteiger charge is 2.25. The summed E-state index contributed by atoms with van der Waals surface area (Å²) >= 11 is 0. The largest absolute Gasteiger partial charge is 0.354 e. The fourth-order valence-electron chi connectivity index (χ4n) is 12.6. The molecule has 0 amide bonds. The second kappa shape index (κ2) is 43.6. The Hall–Kier alpha value is -16.5. The van der Waals surface area contributed by atoms with E-state index in [0.717, 1.165) is 72.8 Å². The molecule has 12 aromatic carbocycles. The van der Waals surface area contributed by atoms with Crippen LogP contribution in [-0.4, -0.2) is 147 Å². The Morgan fingerprint density at radius 2 is 0.372 bits per heavy atom. The maximum atomic E-state index is 12.7. The SMILES string of the molecule is Cc1cc(Nc2nc(NCCCNc3nc(Nc4ccc(N=Nc5ccc(N=Nc6ccc(S(=O)(=O)O)cc6)cc5S(=O)(=O)O)c(C)c4)nc(Nc4ccc(N=Nc5ccc(N=Nc6ccc(S(=O)(=O)O)cc6)cc5S(=O)(=O)O)c(C)c4)n3)nc(Nc3ccc(N=Nc4ccc(N=Nc5ccc(S(=O)(=O)O)cc5)cc4S(=O)(=O)O)c(C)c3)n2)ccc1N=Nc1ccc(N=Nc2ccc(S(=O)(=O)O)cc2)cc1S(=O)(=O)O. The lowest BCUT2D eigenvalue weighted by molar-refractivity contribution is 0.481. The van der Waals surface area contributed by atoms with E-state index in [4.69, 9.17) is 0 Å². The van der Waals surface area contributed by atoms with E-state index < -0.39 is 120 Å². The smallest absolute Gasteiger partial charge is 0.296 e. The van der Waals surface area contributed by atoms with Crippen molar-refractivity contribution in [1.29, 1.82) is 0 Å². The summed E-state index contributed by atoms with van der Waals surface area (Å²) in [5.74, 6) is -0.125. The summed E-state index contributed by atoms with van der Waals surface area (Å²) < 4.78 is 272. The van der Waals surface area contributed by atoms with Crippen molar-refractivity contribution < 1.29 is 104 Å². The van der Waals surface area contributed by atoms with Gasteiger partial charge in [0.25, 0.3) is 80.9 Å². The van der Waals surface area contributed by atoms with Crippen LogP contribution >= 0.6 is 0 Å². The Morgan fingerprint density at radius 1 is 0.200 bits per heavy atom. The average molecular weight is 2130 g/mol. The molecule has 0 atom stereocenters. The summed E-state index contributed by atoms with van der Waals surface area (Å²) in [6, 6.07) is 51.5. The molecule has 52 nitrogen and oxygen atoms in total. The molecule has 60 heteroatoms. The zero-order valence-corrected chi connectivity index (χ0v) is 81.0. The Bertz CT molecular complexity index is 7720. The third-order valence-electron chi connectivity index (χ3n) is 19.6. The summed E-state index contributed by atoms with van der Waals surface area (Å²) in [6.07, 6.45) is 0.281. The predicted molar refractivity (Wildman–Crippen MR) is 523 cm³/mol. The summed E-state index contributed by atoms with van der Waals surface area (Å²) in [5.41, 5.74) is 3.43. The van der Waals surface area contributed by atoms with Crippen LogP contribution < -0.4 is 31.9 Å². The van der Waals surface area contributed by atoms with E-state index in [1.54, 1.807) is 76.2 Å². The number of rotatable bonds is 38. The molecule has 0 aliphatic heterocycles. The van der Waals surface area contributed by atoms with E-state index in [9.17, 15) is 104 Å². The second-order valence-corrected chi connectivity index (χ2v) is 41.6. The highest BCUT2D eigenvalue weighted by Crippen LogP contribution is 2.41. The maximum absolute atomic E-state index is 12.7. The molecule has 0 aliphatic rings. The van der Waals surface area contributed by atoms with Gasteiger partial charge in [-0.25, -0.2) is 0 Å². The van der Waals surface area contributed by atoms with Gasteiger partial charge in [0.15, 0.2) is 0 Å². The third-order valence-corrected chi connectivity index (χ3v) is 26.6. The third kappa shape index (κ3) is 28.9. The number of nitrogens with one attached hydrogen (secondary N) is 6. The van der Waals surface area contributed by atoms with Gasteiger partial charge in [-0.15, -0.1) is 20.5 Å². The number of aromatic nitrogens is 6. The predicted octanol–water partition coefficient (Wildman–Crippen LogP) is 21.5. The van der Waals surface area contributed by atoms with Gasteiger partial charge >= 0.3 is 0 Å². The Morgan fingerprint density at radius 3 is 0.559 bits per heavy atom. The van der Waals surface area contributed by atoms with E-state index >= 15 is 0 Å². The zero-order chi connectivity index (χ0) is 104. The normalized spacial score (nSPS) is 12.7. The molecule has 2 aromatic heterocycles. The summed E-state index contributed by atoms with van der Waals surface area (Å²) in [6.45, 7) is 6.92. The molecule has 0 radical (unpaired) electrons. The van der Waals surface area contributed by atoms with Crippen molar-refractivity contribution in [3.63, 3.8) is 0 Å². The molecule has 0 saturated heterocycles. The molecule has 14 aromatic rings. The lowest BCUT2D eigenvalue weighted by Gasteiger charge is -2.14. The number of anilines is 10. The van der Waals surface area contributed by atoms with Crippen LogP contribution in [0.1, 0.15) is 28.7 Å². The van der Waals surface area contributed by atoms with Gasteiger partial charge in [-0.2, -0.15) is 159 Å². The number of nitrogens with zero attached hydrogens (tertiary/aromatic N) is 22. The van der Waals surface area contributed by atoms with Gasteiger partial charge in [-0.05, 0) is 299 Å². The van der Waals surface area contributed by atoms with E-state index in [0.29, 0.717) is 45.0 Å². The molecule has 0 unspecified atom stereocenters. The average Bonchev–Trinajstić information content (AvgIpc) is 0.818. The summed E-state index contributed by atoms with van der Waals surface area (Å²) in [5, 5.41) is 84.3. The van der Waals surface area contributed by atoms with Crippen LogP contribution in [0.4, 0.5) is 149 Å². The van der Waals surface area contributed by atoms with Crippen LogP contribution in [0.5, 0.6) is 0 Å². The molecule has 0 spiro atoms. The van der Waals surface area contributed by atoms with Gasteiger partial charge in [0.1, 0.15) is 42.3 Å². The number of hydrogen-bond donors (Lipinski definition) is 14. The van der Waals surface area contributed by atoms with E-state index in [-0.39, 0.29) is 146 Å². The van der Waals surface area contributed by atoms with Crippen LogP contribution in [0, 0.1) is 27.7 Å². The van der Waals surface area contributed by atoms with Gasteiger partial charge < -0.3 is 31.9 Å². The van der Waals surface area contributed by atoms with Gasteiger partial charge in [-0.3, -0.25) is 36.4 Å². The molecule has 0 fully saturated rings. The molecule has 2 heterocycles. The quantitative estimate of drug-likeness (QED) is 0.00971. The van der Waals surface area contributed by atoms with Crippen LogP contribution in [0.2, 0.25) is 0 Å². The van der Waals surface area contributed by atoms with Crippen LogP contribution in [0.3, 0.4) is 0 Å². The van der Waals surface area contributed by atoms with Crippen molar-refractivity contribution >= 4 is 230 Å². The fraction of sp³-hybridized carbons (Fsp3) is 0.0824. The minimum atomic E-state index is -4.97. The lowest BCUT2D eigenvalue weighted by Crippen LogP contribution is -2.15. The highest BCUT2D eigenvalue weighted by atomic mass is 32.2. The van der Waals surface area contributed by atoms with Crippen molar-refractivity contribution in [2.24, 2.45) is 81.8 Å². The van der Waals surface area contributed by atoms with Gasteiger partial charge in [0, 0.05) is 35.8 Å². The molecule has 14 N–H and O–H groups in total. The zero-order valence-electron chi connectivity index (χ0n) is 74.4. The topological polar surface area (TPSA) is 782 Å². The number of aryl methyl sites for hydroxylation is 4. The Kier molecular flexibility index (Phi) is 31.3. The van der Waals surface area contributed by atoms with E-state index in [1.165, 1.54) is 121 Å². The fourth-order valence-corrected chi connectivity index (χ4v) is 17.1. The Labute approximate surface area is 823 Å². The first-order chi connectivity index (χ1) is 68.4. The lowest BCUT2D eigenvalue weighted by atomic mass is 10.2. The van der Waals surface area contributed by atoms with Gasteiger partial charge in [-0.1, -0.05) is 0 Å². The molecule has 14 rings (SSSR count). The molecular weight excluding hydrogens is 2050 g/mol. The minimum Gasteiger partial charge on any atom is -0.354 e. The molecular formula is C85H72N28O24S8. The van der Waals surface area contributed by atoms with Gasteiger partial charge in [0.05, 0.1) is 87.8 Å². The number of hydrogen-bond acceptors (Lipinski definition) is 44. The van der Waals surface area contributed by atoms with Crippen LogP contribution in [-0.2, 0) is 80.9 Å². The number of azo groups is 8. The van der Waals surface area contributed by atoms with Crippen molar-refractivity contribution in [3.05, 3.63) is 265 Å². The van der Waals surface area contributed by atoms with Crippen molar-refractivity contribution in [2.45, 2.75) is 73.3 Å². The Balaban J connectivity index is 0.717. The van der Waals surface area contributed by atoms with Crippen molar-refractivity contribution in [1.82, 2.24) is 29.9 Å². The second-order valence-electron chi connectivity index (χ2n) is 30.3. The molecule has 0 bridgehead atoms. The van der Waals surface area contributed by atoms with E-state index in [2.05, 4.69) is 144 Å². The van der Waals surface area contributed by atoms with Crippen LogP contribution in [0.15, 0.2) is 364 Å². The van der Waals surface area contributed by atoms with E-state index in [1.807, 2.05) is 0 Å². The number of benzene rings is 12. The maximum Gasteiger partial charge on any atom is 0.296 e. The monoisotopic (exact) mass is 2120 g/mol. The first-order valence-electron chi connectivity index (χ1n) is 41.0. The molecule has 0 saturated carbocycles. The standard InChI is InChI=1S/C85H72N28O24S8/c1-48-40-56(14-30-68(48)106-110-72-34-18-60(44-76(72)142(126,127)128)102-98-52-6-22-64(23-7-52)138(114,115)116)88-82-92-80(93-83(96-82)89-57-15-31-69(49(2)41-57)107-111-73-35-19-61(45-77(73)143(129,130)131)103-99-53-8-24-65(25-9-53)139(117,118)119)86-38-5-39-87-81-94-84(90-58-16-32-70(50(3)42-58)108-112-74-36-20-62(46-78(74)144(132,133)134)104-100-54-10-26-66(27-11-54)140(120,121)122)97-85(95-81)91-59-17-33-71(51(4)43-59)109-113-75-37-21-63(47-79(75)145(135,136)137)105-101-55-12-28-67(29-13-55)141(123,124)125/h6-37,40-47H,5,38-39H2,1-4H3,(H,114,115,116)(H,117,118,119)(H,120,121,122)(H,123,124,125)(H,126,127,128)(H,129,130,131)(H,132,133,134)(H,135,136,137)(H3,86,88,89,92,93,96)(H3,87,90,91,94,95,97). The minimum absolute atomic E-state index is 0.0113. The summed E-state index contributed by atoms with van der Waals surface area (Å²) in [7, 11) is -37.9. The first-order valence-corrected chi connectivity index (χ1v) is 52.5. The molecule has 145 heavy (non-hydrogen) atoms. The van der Waals surface area contributed by atoms with Gasteiger partial charge in [0.2, 0.25) is 35.7 Å². The molecule has 744 valence electrons. The highest BCUT2D eigenvalue weighted by molar-refractivity contribution is 7.87. The van der Waals surface area contributed by atoms with Crippen LogP contribution in [0.25, 0.3) is 0 Å². The van der Waals surface area contributed by atoms with Crippen molar-refractivity contribution in [2.75, 3.05) is 45.0 Å².